The predicted octanol–water partition coefficient (Wildman–Crippen LogP) is 7.08. The summed E-state index contributed by atoms with van der Waals surface area (Å²) >= 11 is 0. The van der Waals surface area contributed by atoms with Crippen molar-refractivity contribution in [1.82, 2.24) is 19.9 Å². The van der Waals surface area contributed by atoms with E-state index in [-0.39, 0.29) is 0 Å². The van der Waals surface area contributed by atoms with Crippen LogP contribution in [-0.2, 0) is 6.54 Å². The van der Waals surface area contributed by atoms with Gasteiger partial charge in [-0.1, -0.05) is 65.0 Å². The third-order valence-corrected chi connectivity index (χ3v) is 6.01. The van der Waals surface area contributed by atoms with Crippen molar-refractivity contribution < 1.29 is 0 Å². The van der Waals surface area contributed by atoms with Crippen molar-refractivity contribution in [3.63, 3.8) is 0 Å². The quantitative estimate of drug-likeness (QED) is 0.312. The van der Waals surface area contributed by atoms with E-state index in [0.717, 1.165) is 22.8 Å². The molecule has 0 saturated heterocycles. The summed E-state index contributed by atoms with van der Waals surface area (Å²) in [7, 11) is 1.84. The normalized spacial score (nSPS) is 13.6. The largest absolute Gasteiger partial charge is 0.373 e. The van der Waals surface area contributed by atoms with Gasteiger partial charge in [-0.25, -0.2) is 15.0 Å². The van der Waals surface area contributed by atoms with Gasteiger partial charge < -0.3 is 15.6 Å². The van der Waals surface area contributed by atoms with Crippen LogP contribution < -0.4 is 10.6 Å². The third kappa shape index (κ3) is 6.44. The lowest BCUT2D eigenvalue weighted by atomic mass is 9.91. The van der Waals surface area contributed by atoms with Crippen LogP contribution in [0, 0.1) is 12.8 Å². The van der Waals surface area contributed by atoms with E-state index >= 15 is 0 Å². The maximum absolute atomic E-state index is 4.56. The van der Waals surface area contributed by atoms with E-state index in [1.54, 1.807) is 6.20 Å². The molecule has 0 atom stereocenters. The Balaban J connectivity index is 0.000000289. The van der Waals surface area contributed by atoms with Gasteiger partial charge in [0.15, 0.2) is 5.65 Å². The predicted molar refractivity (Wildman–Crippen MR) is 141 cm³/mol. The summed E-state index contributed by atoms with van der Waals surface area (Å²) in [4.78, 5) is 16.7. The number of fused-ring (bicyclic) bond motifs is 2. The van der Waals surface area contributed by atoms with Crippen molar-refractivity contribution in [3.8, 4) is 0 Å². The summed E-state index contributed by atoms with van der Waals surface area (Å²) in [6.07, 6.45) is 11.2. The van der Waals surface area contributed by atoms with Crippen LogP contribution in [0.25, 0.3) is 22.1 Å². The van der Waals surface area contributed by atoms with Crippen LogP contribution in [0.1, 0.15) is 64.0 Å². The van der Waals surface area contributed by atoms with Gasteiger partial charge in [0.05, 0.1) is 6.20 Å². The fourth-order valence-electron chi connectivity index (χ4n) is 4.21. The van der Waals surface area contributed by atoms with Crippen molar-refractivity contribution in [3.05, 3.63) is 53.9 Å². The van der Waals surface area contributed by atoms with E-state index in [9.17, 15) is 0 Å². The topological polar surface area (TPSA) is 78.5 Å². The van der Waals surface area contributed by atoms with Crippen LogP contribution >= 0.6 is 0 Å². The highest BCUT2D eigenvalue weighted by Crippen LogP contribution is 2.23. The van der Waals surface area contributed by atoms with Crippen LogP contribution in [-0.4, -0.2) is 27.0 Å². The second kappa shape index (κ2) is 12.2. The highest BCUT2D eigenvalue weighted by atomic mass is 15.1. The van der Waals surface area contributed by atoms with Gasteiger partial charge in [-0.05, 0) is 42.2 Å². The first-order valence-corrected chi connectivity index (χ1v) is 12.2. The Morgan fingerprint density at radius 3 is 2.45 bits per heavy atom. The summed E-state index contributed by atoms with van der Waals surface area (Å²) in [6.45, 7) is 9.16. The molecule has 6 heteroatoms. The minimum atomic E-state index is 0.628. The summed E-state index contributed by atoms with van der Waals surface area (Å²) < 4.78 is 0. The van der Waals surface area contributed by atoms with Gasteiger partial charge in [0.1, 0.15) is 17.2 Å². The molecule has 0 aliphatic heterocycles. The third-order valence-electron chi connectivity index (χ3n) is 6.01. The zero-order valence-electron chi connectivity index (χ0n) is 20.7. The first-order valence-electron chi connectivity index (χ1n) is 12.2. The van der Waals surface area contributed by atoms with Crippen LogP contribution in [0.15, 0.2) is 42.7 Å². The molecule has 3 aromatic heterocycles. The van der Waals surface area contributed by atoms with Gasteiger partial charge in [0, 0.05) is 30.7 Å². The average molecular weight is 447 g/mol. The number of aromatic amines is 1. The van der Waals surface area contributed by atoms with E-state index < -0.39 is 0 Å². The Morgan fingerprint density at radius 1 is 1.00 bits per heavy atom. The Kier molecular flexibility index (Phi) is 9.04. The van der Waals surface area contributed by atoms with Gasteiger partial charge in [-0.15, -0.1) is 0 Å². The maximum Gasteiger partial charge on any atom is 0.182 e. The van der Waals surface area contributed by atoms with Gasteiger partial charge in [-0.2, -0.15) is 0 Å². The molecule has 176 valence electrons. The first kappa shape index (κ1) is 24.5. The van der Waals surface area contributed by atoms with Crippen molar-refractivity contribution in [2.24, 2.45) is 5.92 Å². The zero-order chi connectivity index (χ0) is 23.6. The Labute approximate surface area is 197 Å². The minimum absolute atomic E-state index is 0.628. The molecule has 33 heavy (non-hydrogen) atoms. The molecule has 3 N–H and O–H groups in total. The minimum Gasteiger partial charge on any atom is -0.373 e. The molecule has 3 heterocycles. The Hall–Kier alpha value is -3.15. The van der Waals surface area contributed by atoms with Gasteiger partial charge >= 0.3 is 0 Å². The monoisotopic (exact) mass is 446 g/mol. The number of anilines is 2. The molecule has 5 rings (SSSR count). The molecule has 0 spiro atoms. The molecule has 1 aliphatic rings. The number of rotatable bonds is 4. The lowest BCUT2D eigenvalue weighted by Gasteiger charge is -2.15. The highest BCUT2D eigenvalue weighted by Gasteiger charge is 2.07. The van der Waals surface area contributed by atoms with E-state index in [4.69, 9.17) is 0 Å². The summed E-state index contributed by atoms with van der Waals surface area (Å²) in [6, 6.07) is 10.1. The van der Waals surface area contributed by atoms with Crippen molar-refractivity contribution in [2.45, 2.75) is 66.3 Å². The number of pyridine rings is 1. The van der Waals surface area contributed by atoms with Crippen molar-refractivity contribution in [1.29, 1.82) is 0 Å². The number of hydrogen-bond donors (Lipinski definition) is 3. The average Bonchev–Trinajstić information content (AvgIpc) is 3.25. The fraction of sp³-hybridized carbons (Fsp3) is 0.444. The van der Waals surface area contributed by atoms with Gasteiger partial charge in [0.2, 0.25) is 0 Å². The zero-order valence-corrected chi connectivity index (χ0v) is 20.7. The number of aryl methyl sites for hydroxylation is 1. The molecule has 1 saturated carbocycles. The second-order valence-electron chi connectivity index (χ2n) is 8.45. The van der Waals surface area contributed by atoms with E-state index in [0.29, 0.717) is 18.0 Å². The molecule has 1 aliphatic carbocycles. The second-order valence-corrected chi connectivity index (χ2v) is 8.45. The molecule has 0 bridgehead atoms. The lowest BCUT2D eigenvalue weighted by Crippen LogP contribution is -2.03. The maximum atomic E-state index is 4.56. The molecule has 0 amide bonds. The summed E-state index contributed by atoms with van der Waals surface area (Å²) in [5.74, 6) is 2.53. The smallest absolute Gasteiger partial charge is 0.182 e. The SMILES string of the molecule is CC.CC1CCCCC1.CNc1ccc2ncc(NCc3cccc4[nH]cc(C)c34)nc2n1. The number of hydrogen-bond acceptors (Lipinski definition) is 5. The Bertz CT molecular complexity index is 1140. The molecule has 0 unspecified atom stereocenters. The van der Waals surface area contributed by atoms with Crippen LogP contribution in [0.5, 0.6) is 0 Å². The summed E-state index contributed by atoms with van der Waals surface area (Å²) in [5, 5.41) is 7.63. The number of benzene rings is 1. The molecule has 0 radical (unpaired) electrons. The lowest BCUT2D eigenvalue weighted by molar-refractivity contribution is 0.385. The van der Waals surface area contributed by atoms with E-state index in [2.05, 4.69) is 62.6 Å². The van der Waals surface area contributed by atoms with E-state index in [1.165, 1.54) is 48.6 Å². The molecular formula is C27H38N6. The molecule has 1 fully saturated rings. The molecule has 1 aromatic carbocycles. The van der Waals surface area contributed by atoms with E-state index in [1.807, 2.05) is 39.2 Å². The Morgan fingerprint density at radius 2 is 1.76 bits per heavy atom. The number of nitrogens with one attached hydrogen (secondary N) is 3. The number of nitrogens with zero attached hydrogens (tertiary/aromatic N) is 3. The molecule has 4 aromatic rings. The van der Waals surface area contributed by atoms with Crippen LogP contribution in [0.4, 0.5) is 11.6 Å². The molecular weight excluding hydrogens is 408 g/mol. The fourth-order valence-corrected chi connectivity index (χ4v) is 4.21. The van der Waals surface area contributed by atoms with Gasteiger partial charge in [0.25, 0.3) is 0 Å². The molecule has 6 nitrogen and oxygen atoms in total. The van der Waals surface area contributed by atoms with Crippen molar-refractivity contribution >= 4 is 33.7 Å². The van der Waals surface area contributed by atoms with Crippen LogP contribution in [0.2, 0.25) is 0 Å². The number of H-pyrrole nitrogens is 1. The highest BCUT2D eigenvalue weighted by molar-refractivity contribution is 5.86. The number of aromatic nitrogens is 4. The standard InChI is InChI=1S/C18H18N6.C7H14.C2H6/c1-11-8-20-13-5-3-4-12(17(11)13)9-22-16-10-21-14-6-7-15(19-2)23-18(14)24-16;1-7-5-3-2-4-6-7;1-2/h3-8,10,20H,9H2,1-2H3,(H2,19,22,23,24);7H,2-6H2,1H3;1-2H3. The first-order chi connectivity index (χ1) is 16.1. The van der Waals surface area contributed by atoms with Crippen LogP contribution in [0.3, 0.4) is 0 Å². The summed E-state index contributed by atoms with van der Waals surface area (Å²) in [5.41, 5.74) is 5.03. The van der Waals surface area contributed by atoms with Crippen molar-refractivity contribution in [2.75, 3.05) is 17.7 Å². The van der Waals surface area contributed by atoms with Gasteiger partial charge in [-0.3, -0.25) is 0 Å².